The van der Waals surface area contributed by atoms with Crippen LogP contribution in [0.1, 0.15) is 40.5 Å². The average Bonchev–Trinajstić information content (AvgIpc) is 2.69. The number of ether oxygens (including phenoxy) is 1. The van der Waals surface area contributed by atoms with Crippen molar-refractivity contribution in [3.05, 3.63) is 0 Å². The molecule has 1 N–H and O–H groups in total. The molecule has 0 saturated carbocycles. The first-order chi connectivity index (χ1) is 8.56. The molecular formula is C14H28N2O2. The monoisotopic (exact) mass is 256 g/mol. The van der Waals surface area contributed by atoms with E-state index in [4.69, 9.17) is 4.74 Å². The molecule has 0 aromatic carbocycles. The van der Waals surface area contributed by atoms with Crippen LogP contribution in [-0.4, -0.2) is 43.3 Å². The van der Waals surface area contributed by atoms with Crippen LogP contribution >= 0.6 is 0 Å². The van der Waals surface area contributed by atoms with Crippen molar-refractivity contribution in [2.45, 2.75) is 46.6 Å². The average molecular weight is 256 g/mol. The van der Waals surface area contributed by atoms with E-state index in [1.165, 1.54) is 0 Å². The van der Waals surface area contributed by atoms with Crippen molar-refractivity contribution in [1.82, 2.24) is 10.2 Å². The second kappa shape index (κ2) is 7.74. The summed E-state index contributed by atoms with van der Waals surface area (Å²) in [5.41, 5.74) is 0. The predicted molar refractivity (Wildman–Crippen MR) is 73.2 cm³/mol. The van der Waals surface area contributed by atoms with Gasteiger partial charge >= 0.3 is 0 Å². The van der Waals surface area contributed by atoms with Crippen LogP contribution in [0.15, 0.2) is 0 Å². The summed E-state index contributed by atoms with van der Waals surface area (Å²) in [6.45, 7) is 11.6. The molecule has 1 heterocycles. The van der Waals surface area contributed by atoms with Crippen molar-refractivity contribution < 1.29 is 9.53 Å². The molecule has 0 bridgehead atoms. The summed E-state index contributed by atoms with van der Waals surface area (Å²) in [5, 5.41) is 3.30. The van der Waals surface area contributed by atoms with Gasteiger partial charge in [0.2, 0.25) is 5.91 Å². The summed E-state index contributed by atoms with van der Waals surface area (Å²) in [6.07, 6.45) is 1.96. The molecular weight excluding hydrogens is 228 g/mol. The Kier molecular flexibility index (Phi) is 6.65. The molecule has 1 amide bonds. The zero-order chi connectivity index (χ0) is 13.5. The summed E-state index contributed by atoms with van der Waals surface area (Å²) in [5.74, 6) is 1.25. The Hall–Kier alpha value is -0.610. The first kappa shape index (κ1) is 15.4. The Morgan fingerprint density at radius 1 is 1.44 bits per heavy atom. The summed E-state index contributed by atoms with van der Waals surface area (Å²) >= 11 is 0. The molecule has 1 aliphatic heterocycles. The van der Waals surface area contributed by atoms with Crippen LogP contribution in [0, 0.1) is 11.8 Å². The highest BCUT2D eigenvalue weighted by Gasteiger charge is 2.33. The fraction of sp³-hybridized carbons (Fsp3) is 0.929. The van der Waals surface area contributed by atoms with Gasteiger partial charge in [0.05, 0.1) is 12.7 Å². The Morgan fingerprint density at radius 2 is 2.17 bits per heavy atom. The number of nitrogens with zero attached hydrogens (tertiary/aromatic N) is 1. The molecule has 0 radical (unpaired) electrons. The van der Waals surface area contributed by atoms with Crippen LogP contribution < -0.4 is 5.32 Å². The minimum atomic E-state index is 0.0200. The van der Waals surface area contributed by atoms with E-state index in [1.54, 1.807) is 0 Å². The zero-order valence-electron chi connectivity index (χ0n) is 12.2. The topological polar surface area (TPSA) is 41.6 Å². The molecule has 1 fully saturated rings. The molecule has 0 spiro atoms. The largest absolute Gasteiger partial charge is 0.381 e. The highest BCUT2D eigenvalue weighted by Crippen LogP contribution is 2.15. The Balaban J connectivity index is 2.18. The number of rotatable bonds is 8. The molecule has 0 aromatic rings. The van der Waals surface area contributed by atoms with Crippen molar-refractivity contribution in [3.8, 4) is 0 Å². The molecule has 106 valence electrons. The van der Waals surface area contributed by atoms with Gasteiger partial charge in [-0.25, -0.2) is 0 Å². The van der Waals surface area contributed by atoms with E-state index >= 15 is 0 Å². The molecule has 18 heavy (non-hydrogen) atoms. The van der Waals surface area contributed by atoms with Gasteiger partial charge in [0.1, 0.15) is 0 Å². The van der Waals surface area contributed by atoms with E-state index in [2.05, 4.69) is 33.0 Å². The Morgan fingerprint density at radius 3 is 2.78 bits per heavy atom. The lowest BCUT2D eigenvalue weighted by Crippen LogP contribution is -2.36. The van der Waals surface area contributed by atoms with Crippen molar-refractivity contribution in [2.24, 2.45) is 11.8 Å². The lowest BCUT2D eigenvalue weighted by molar-refractivity contribution is -0.130. The van der Waals surface area contributed by atoms with Gasteiger partial charge in [0.15, 0.2) is 0 Å². The number of hydrogen-bond donors (Lipinski definition) is 1. The van der Waals surface area contributed by atoms with Crippen LogP contribution in [0.3, 0.4) is 0 Å². The van der Waals surface area contributed by atoms with Gasteiger partial charge in [-0.2, -0.15) is 0 Å². The Labute approximate surface area is 111 Å². The third kappa shape index (κ3) is 4.58. The van der Waals surface area contributed by atoms with E-state index in [0.717, 1.165) is 32.6 Å². The van der Waals surface area contributed by atoms with Crippen LogP contribution in [0.2, 0.25) is 0 Å². The summed E-state index contributed by atoms with van der Waals surface area (Å²) in [7, 11) is 0. The maximum absolute atomic E-state index is 12.1. The van der Waals surface area contributed by atoms with E-state index < -0.39 is 0 Å². The van der Waals surface area contributed by atoms with Crippen LogP contribution in [0.25, 0.3) is 0 Å². The van der Waals surface area contributed by atoms with E-state index in [-0.39, 0.29) is 11.9 Å². The second-order valence-corrected chi connectivity index (χ2v) is 5.65. The van der Waals surface area contributed by atoms with E-state index in [9.17, 15) is 4.79 Å². The summed E-state index contributed by atoms with van der Waals surface area (Å²) in [6, 6.07) is 0.0200. The van der Waals surface area contributed by atoms with Gasteiger partial charge in [-0.15, -0.1) is 0 Å². The standard InChI is InChI=1S/C14H28N2O2/c1-5-12(4)13-14(17)16(10-15-13)7-6-8-18-9-11(2)3/h11-13,15H,5-10H2,1-4H3. The number of amides is 1. The molecule has 1 aliphatic rings. The minimum absolute atomic E-state index is 0.0200. The first-order valence-electron chi connectivity index (χ1n) is 7.16. The molecule has 0 aliphatic carbocycles. The molecule has 4 nitrogen and oxygen atoms in total. The maximum Gasteiger partial charge on any atom is 0.241 e. The molecule has 2 unspecified atom stereocenters. The molecule has 1 saturated heterocycles. The van der Waals surface area contributed by atoms with Gasteiger partial charge < -0.3 is 9.64 Å². The Bertz CT molecular complexity index is 256. The smallest absolute Gasteiger partial charge is 0.241 e. The predicted octanol–water partition coefficient (Wildman–Crippen LogP) is 1.85. The lowest BCUT2D eigenvalue weighted by Gasteiger charge is -2.18. The summed E-state index contributed by atoms with van der Waals surface area (Å²) < 4.78 is 5.53. The van der Waals surface area contributed by atoms with Crippen molar-refractivity contribution in [3.63, 3.8) is 0 Å². The number of carbonyl (C=O) groups is 1. The SMILES string of the molecule is CCC(C)C1NCN(CCCOCC(C)C)C1=O. The van der Waals surface area contributed by atoms with Crippen molar-refractivity contribution >= 4 is 5.91 Å². The van der Waals surface area contributed by atoms with E-state index in [1.807, 2.05) is 4.90 Å². The van der Waals surface area contributed by atoms with Gasteiger partial charge in [-0.3, -0.25) is 10.1 Å². The second-order valence-electron chi connectivity index (χ2n) is 5.65. The fourth-order valence-corrected chi connectivity index (χ4v) is 2.12. The minimum Gasteiger partial charge on any atom is -0.381 e. The van der Waals surface area contributed by atoms with Gasteiger partial charge in [-0.05, 0) is 18.3 Å². The third-order valence-electron chi connectivity index (χ3n) is 3.46. The van der Waals surface area contributed by atoms with E-state index in [0.29, 0.717) is 18.5 Å². The lowest BCUT2D eigenvalue weighted by atomic mass is 9.99. The zero-order valence-corrected chi connectivity index (χ0v) is 12.2. The molecule has 0 aromatic heterocycles. The van der Waals surface area contributed by atoms with Crippen molar-refractivity contribution in [1.29, 1.82) is 0 Å². The molecule has 1 rings (SSSR count). The third-order valence-corrected chi connectivity index (χ3v) is 3.46. The van der Waals surface area contributed by atoms with Crippen LogP contribution in [-0.2, 0) is 9.53 Å². The normalized spacial score (nSPS) is 21.9. The highest BCUT2D eigenvalue weighted by atomic mass is 16.5. The maximum atomic E-state index is 12.1. The molecule has 4 heteroatoms. The van der Waals surface area contributed by atoms with Crippen LogP contribution in [0.5, 0.6) is 0 Å². The van der Waals surface area contributed by atoms with Gasteiger partial charge in [0.25, 0.3) is 0 Å². The number of carbonyl (C=O) groups excluding carboxylic acids is 1. The fourth-order valence-electron chi connectivity index (χ4n) is 2.12. The number of nitrogens with one attached hydrogen (secondary N) is 1. The highest BCUT2D eigenvalue weighted by molar-refractivity contribution is 5.84. The molecule has 2 atom stereocenters. The van der Waals surface area contributed by atoms with Crippen LogP contribution in [0.4, 0.5) is 0 Å². The first-order valence-corrected chi connectivity index (χ1v) is 7.16. The summed E-state index contributed by atoms with van der Waals surface area (Å²) in [4.78, 5) is 14.0. The van der Waals surface area contributed by atoms with Gasteiger partial charge in [0, 0.05) is 19.8 Å². The van der Waals surface area contributed by atoms with Crippen molar-refractivity contribution in [2.75, 3.05) is 26.4 Å². The quantitative estimate of drug-likeness (QED) is 0.674. The van der Waals surface area contributed by atoms with Gasteiger partial charge in [-0.1, -0.05) is 34.1 Å². The number of hydrogen-bond acceptors (Lipinski definition) is 3.